The molecule has 0 aromatic heterocycles. The summed E-state index contributed by atoms with van der Waals surface area (Å²) in [5.74, 6) is 1.36. The number of para-hydroxylation sites is 2. The van der Waals surface area contributed by atoms with Crippen molar-refractivity contribution in [3.8, 4) is 5.75 Å². The predicted molar refractivity (Wildman–Crippen MR) is 88.2 cm³/mol. The highest BCUT2D eigenvalue weighted by Gasteiger charge is 2.42. The fourth-order valence-corrected chi connectivity index (χ4v) is 4.21. The number of nitrogens with one attached hydrogen (secondary N) is 2. The molecule has 1 aromatic carbocycles. The molecule has 0 saturated heterocycles. The first kappa shape index (κ1) is 15.8. The van der Waals surface area contributed by atoms with Crippen molar-refractivity contribution in [2.45, 2.75) is 38.6 Å². The number of amides is 2. The number of methoxy groups -OCH3 is 1. The minimum absolute atomic E-state index is 0.0428. The zero-order valence-corrected chi connectivity index (χ0v) is 13.7. The number of anilines is 1. The van der Waals surface area contributed by atoms with Gasteiger partial charge in [0.1, 0.15) is 5.75 Å². The van der Waals surface area contributed by atoms with Gasteiger partial charge in [-0.1, -0.05) is 18.6 Å². The Hall–Kier alpha value is -2.04. The smallest absolute Gasteiger partial charge is 0.313 e. The first-order valence-corrected chi connectivity index (χ1v) is 8.33. The van der Waals surface area contributed by atoms with Gasteiger partial charge in [0.05, 0.1) is 12.8 Å². The molecule has 0 radical (unpaired) electrons. The fourth-order valence-electron chi connectivity index (χ4n) is 4.21. The summed E-state index contributed by atoms with van der Waals surface area (Å²) in [5.41, 5.74) is 0.503. The van der Waals surface area contributed by atoms with Crippen LogP contribution in [0.5, 0.6) is 5.75 Å². The molecule has 0 spiro atoms. The van der Waals surface area contributed by atoms with E-state index in [9.17, 15) is 9.59 Å². The molecule has 2 aliphatic rings. The van der Waals surface area contributed by atoms with Crippen LogP contribution in [0, 0.1) is 17.8 Å². The van der Waals surface area contributed by atoms with Gasteiger partial charge in [-0.05, 0) is 56.1 Å². The zero-order valence-electron chi connectivity index (χ0n) is 13.7. The monoisotopic (exact) mass is 316 g/mol. The van der Waals surface area contributed by atoms with Gasteiger partial charge in [-0.3, -0.25) is 9.59 Å². The number of benzene rings is 1. The first-order chi connectivity index (χ1) is 11.1. The molecular formula is C18H24N2O3. The van der Waals surface area contributed by atoms with E-state index in [0.29, 0.717) is 23.3 Å². The van der Waals surface area contributed by atoms with Gasteiger partial charge >= 0.3 is 11.8 Å². The maximum absolute atomic E-state index is 12.2. The second-order valence-electron chi connectivity index (χ2n) is 6.76. The molecule has 1 aromatic rings. The van der Waals surface area contributed by atoms with Crippen molar-refractivity contribution in [1.82, 2.24) is 5.32 Å². The molecule has 0 heterocycles. The lowest BCUT2D eigenvalue weighted by atomic mass is 9.84. The molecule has 3 rings (SSSR count). The Labute approximate surface area is 136 Å². The van der Waals surface area contributed by atoms with Gasteiger partial charge in [-0.15, -0.1) is 0 Å². The molecule has 2 bridgehead atoms. The third kappa shape index (κ3) is 3.33. The maximum Gasteiger partial charge on any atom is 0.313 e. The van der Waals surface area contributed by atoms with Crippen LogP contribution < -0.4 is 15.4 Å². The van der Waals surface area contributed by atoms with E-state index in [1.165, 1.54) is 32.8 Å². The Kier molecular flexibility index (Phi) is 4.55. The molecular weight excluding hydrogens is 292 g/mol. The van der Waals surface area contributed by atoms with Crippen LogP contribution in [-0.2, 0) is 9.59 Å². The standard InChI is InChI=1S/C18H24N2O3/c1-11(14-10-12-7-8-13(14)9-12)19-17(21)18(22)20-15-5-3-4-6-16(15)23-2/h3-6,11-14H,7-10H2,1-2H3,(H,19,21)(H,20,22). The van der Waals surface area contributed by atoms with Gasteiger partial charge in [0.25, 0.3) is 0 Å². The molecule has 5 heteroatoms. The first-order valence-electron chi connectivity index (χ1n) is 8.33. The Morgan fingerprint density at radius 1 is 1.17 bits per heavy atom. The lowest BCUT2D eigenvalue weighted by molar-refractivity contribution is -0.136. The van der Waals surface area contributed by atoms with Crippen molar-refractivity contribution in [1.29, 1.82) is 0 Å². The van der Waals surface area contributed by atoms with Crippen LogP contribution in [0.15, 0.2) is 24.3 Å². The number of ether oxygens (including phenoxy) is 1. The van der Waals surface area contributed by atoms with Crippen LogP contribution in [0.4, 0.5) is 5.69 Å². The van der Waals surface area contributed by atoms with Crippen LogP contribution >= 0.6 is 0 Å². The average Bonchev–Trinajstić information content (AvgIpc) is 3.18. The lowest BCUT2D eigenvalue weighted by Crippen LogP contribution is -2.45. The molecule has 2 aliphatic carbocycles. The number of fused-ring (bicyclic) bond motifs is 2. The largest absolute Gasteiger partial charge is 0.495 e. The van der Waals surface area contributed by atoms with Crippen molar-refractivity contribution in [3.05, 3.63) is 24.3 Å². The number of carbonyl (C=O) groups excluding carboxylic acids is 2. The van der Waals surface area contributed by atoms with E-state index in [-0.39, 0.29) is 6.04 Å². The minimum atomic E-state index is -0.649. The van der Waals surface area contributed by atoms with Gasteiger partial charge in [-0.2, -0.15) is 0 Å². The van der Waals surface area contributed by atoms with E-state index >= 15 is 0 Å². The molecule has 5 nitrogen and oxygen atoms in total. The summed E-state index contributed by atoms with van der Waals surface area (Å²) in [7, 11) is 1.53. The van der Waals surface area contributed by atoms with Gasteiger partial charge in [0.15, 0.2) is 0 Å². The molecule has 2 N–H and O–H groups in total. The average molecular weight is 316 g/mol. The lowest BCUT2D eigenvalue weighted by Gasteiger charge is -2.28. The minimum Gasteiger partial charge on any atom is -0.495 e. The molecule has 4 unspecified atom stereocenters. The van der Waals surface area contributed by atoms with E-state index in [1.807, 2.05) is 13.0 Å². The third-order valence-electron chi connectivity index (χ3n) is 5.36. The highest BCUT2D eigenvalue weighted by atomic mass is 16.5. The fraction of sp³-hybridized carbons (Fsp3) is 0.556. The molecule has 2 amide bonds. The van der Waals surface area contributed by atoms with E-state index in [0.717, 1.165) is 5.92 Å². The molecule has 4 atom stereocenters. The van der Waals surface area contributed by atoms with Crippen LogP contribution in [-0.4, -0.2) is 25.0 Å². The summed E-state index contributed by atoms with van der Waals surface area (Å²) in [6, 6.07) is 7.09. The van der Waals surface area contributed by atoms with Crippen LogP contribution in [0.1, 0.15) is 32.6 Å². The quantitative estimate of drug-likeness (QED) is 0.839. The van der Waals surface area contributed by atoms with Crippen LogP contribution in [0.2, 0.25) is 0 Å². The summed E-state index contributed by atoms with van der Waals surface area (Å²) < 4.78 is 5.18. The Morgan fingerprint density at radius 2 is 1.96 bits per heavy atom. The Bertz CT molecular complexity index is 602. The van der Waals surface area contributed by atoms with Gasteiger partial charge in [0, 0.05) is 6.04 Å². The van der Waals surface area contributed by atoms with Crippen molar-refractivity contribution in [3.63, 3.8) is 0 Å². The normalized spacial score (nSPS) is 26.6. The highest BCUT2D eigenvalue weighted by Crippen LogP contribution is 2.49. The summed E-state index contributed by atoms with van der Waals surface area (Å²) in [4.78, 5) is 24.3. The molecule has 0 aliphatic heterocycles. The third-order valence-corrected chi connectivity index (χ3v) is 5.36. The van der Waals surface area contributed by atoms with Gasteiger partial charge in [0.2, 0.25) is 0 Å². The molecule has 124 valence electrons. The van der Waals surface area contributed by atoms with E-state index in [4.69, 9.17) is 4.74 Å². The number of hydrogen-bond acceptors (Lipinski definition) is 3. The second-order valence-corrected chi connectivity index (χ2v) is 6.76. The zero-order chi connectivity index (χ0) is 16.4. The molecule has 2 fully saturated rings. The predicted octanol–water partition coefficient (Wildman–Crippen LogP) is 2.57. The number of hydrogen-bond donors (Lipinski definition) is 2. The van der Waals surface area contributed by atoms with Crippen LogP contribution in [0.25, 0.3) is 0 Å². The van der Waals surface area contributed by atoms with E-state index in [1.54, 1.807) is 18.2 Å². The number of carbonyl (C=O) groups is 2. The van der Waals surface area contributed by atoms with Crippen molar-refractivity contribution < 1.29 is 14.3 Å². The van der Waals surface area contributed by atoms with Gasteiger partial charge in [-0.25, -0.2) is 0 Å². The van der Waals surface area contributed by atoms with Crippen molar-refractivity contribution in [2.75, 3.05) is 12.4 Å². The van der Waals surface area contributed by atoms with Gasteiger partial charge < -0.3 is 15.4 Å². The maximum atomic E-state index is 12.2. The van der Waals surface area contributed by atoms with Crippen LogP contribution in [0.3, 0.4) is 0 Å². The summed E-state index contributed by atoms with van der Waals surface area (Å²) >= 11 is 0. The summed E-state index contributed by atoms with van der Waals surface area (Å²) in [6.07, 6.45) is 5.07. The van der Waals surface area contributed by atoms with Crippen molar-refractivity contribution in [2.24, 2.45) is 17.8 Å². The summed E-state index contributed by atoms with van der Waals surface area (Å²) in [5, 5.41) is 5.49. The Morgan fingerprint density at radius 3 is 2.61 bits per heavy atom. The van der Waals surface area contributed by atoms with Crippen molar-refractivity contribution >= 4 is 17.5 Å². The Balaban J connectivity index is 1.56. The second kappa shape index (κ2) is 6.60. The SMILES string of the molecule is COc1ccccc1NC(=O)C(=O)NC(C)C1CC2CCC1C2. The van der Waals surface area contributed by atoms with E-state index < -0.39 is 11.8 Å². The number of rotatable bonds is 4. The summed E-state index contributed by atoms with van der Waals surface area (Å²) in [6.45, 7) is 2.01. The molecule has 23 heavy (non-hydrogen) atoms. The topological polar surface area (TPSA) is 67.4 Å². The van der Waals surface area contributed by atoms with E-state index in [2.05, 4.69) is 10.6 Å². The highest BCUT2D eigenvalue weighted by molar-refractivity contribution is 6.39. The molecule has 2 saturated carbocycles.